The maximum absolute atomic E-state index is 11.8. The lowest BCUT2D eigenvalue weighted by Crippen LogP contribution is -2.23. The Morgan fingerprint density at radius 1 is 1.28 bits per heavy atom. The van der Waals surface area contributed by atoms with Crippen molar-refractivity contribution in [3.8, 4) is 0 Å². The van der Waals surface area contributed by atoms with Gasteiger partial charge in [0, 0.05) is 18.6 Å². The number of ketones is 1. The fourth-order valence-electron chi connectivity index (χ4n) is 1.82. The van der Waals surface area contributed by atoms with Gasteiger partial charge < -0.3 is 0 Å². The molecule has 1 aliphatic rings. The summed E-state index contributed by atoms with van der Waals surface area (Å²) in [5, 5.41) is 4.37. The minimum Gasteiger partial charge on any atom is -0.299 e. The Balaban J connectivity index is 2.02. The van der Waals surface area contributed by atoms with Gasteiger partial charge in [-0.15, -0.1) is 0 Å². The average Bonchev–Trinajstić information content (AvgIpc) is 2.37. The number of hydrogen-bond acceptors (Lipinski definition) is 3. The van der Waals surface area contributed by atoms with Gasteiger partial charge in [0.05, 0.1) is 10.6 Å². The van der Waals surface area contributed by atoms with Gasteiger partial charge in [-0.3, -0.25) is 9.59 Å². The van der Waals surface area contributed by atoms with E-state index in [2.05, 4.69) is 10.5 Å². The molecule has 0 bridgehead atoms. The molecule has 1 aromatic rings. The summed E-state index contributed by atoms with van der Waals surface area (Å²) in [5.41, 5.74) is 3.55. The highest BCUT2D eigenvalue weighted by atomic mass is 35.5. The van der Waals surface area contributed by atoms with E-state index in [1.54, 1.807) is 24.3 Å². The van der Waals surface area contributed by atoms with Gasteiger partial charge in [0.1, 0.15) is 5.78 Å². The Labute approximate surface area is 110 Å². The topological polar surface area (TPSA) is 58.5 Å². The van der Waals surface area contributed by atoms with E-state index in [9.17, 15) is 9.59 Å². The summed E-state index contributed by atoms with van der Waals surface area (Å²) >= 11 is 5.90. The number of amides is 1. The molecule has 5 heteroatoms. The Morgan fingerprint density at radius 3 is 2.78 bits per heavy atom. The van der Waals surface area contributed by atoms with Crippen molar-refractivity contribution >= 4 is 29.0 Å². The lowest BCUT2D eigenvalue weighted by Gasteiger charge is -2.11. The summed E-state index contributed by atoms with van der Waals surface area (Å²) in [7, 11) is 0. The predicted molar refractivity (Wildman–Crippen MR) is 69.8 cm³/mol. The molecule has 4 nitrogen and oxygen atoms in total. The lowest BCUT2D eigenvalue weighted by molar-refractivity contribution is -0.118. The molecule has 1 saturated carbocycles. The first-order valence-electron chi connectivity index (χ1n) is 5.79. The molecule has 2 rings (SSSR count). The standard InChI is InChI=1S/C13H13ClN2O2/c14-12-7-2-1-6-11(12)13(18)16-15-9-4-3-5-10(17)8-9/h1-2,6-7H,3-5,8H2,(H,16,18)/b15-9+. The van der Waals surface area contributed by atoms with Crippen LogP contribution in [-0.4, -0.2) is 17.4 Å². The van der Waals surface area contributed by atoms with Crippen LogP contribution in [0.25, 0.3) is 0 Å². The highest BCUT2D eigenvalue weighted by Gasteiger charge is 2.15. The Hall–Kier alpha value is -1.68. The van der Waals surface area contributed by atoms with E-state index in [-0.39, 0.29) is 11.7 Å². The number of carbonyl (C=O) groups excluding carboxylic acids is 2. The minimum atomic E-state index is -0.355. The van der Waals surface area contributed by atoms with E-state index >= 15 is 0 Å². The normalized spacial score (nSPS) is 17.8. The van der Waals surface area contributed by atoms with Crippen LogP contribution in [0.3, 0.4) is 0 Å². The summed E-state index contributed by atoms with van der Waals surface area (Å²) in [6.07, 6.45) is 2.51. The summed E-state index contributed by atoms with van der Waals surface area (Å²) in [6.45, 7) is 0. The molecule has 1 fully saturated rings. The summed E-state index contributed by atoms with van der Waals surface area (Å²) in [6, 6.07) is 6.76. The first-order valence-corrected chi connectivity index (χ1v) is 6.16. The molecule has 18 heavy (non-hydrogen) atoms. The number of nitrogens with zero attached hydrogens (tertiary/aromatic N) is 1. The summed E-state index contributed by atoms with van der Waals surface area (Å²) < 4.78 is 0. The second kappa shape index (κ2) is 5.78. The second-order valence-corrected chi connectivity index (χ2v) is 4.58. The van der Waals surface area contributed by atoms with Crippen LogP contribution in [0.1, 0.15) is 36.0 Å². The molecular formula is C13H13ClN2O2. The maximum atomic E-state index is 11.8. The lowest BCUT2D eigenvalue weighted by atomic mass is 9.97. The molecule has 1 aromatic carbocycles. The molecule has 1 amide bonds. The molecule has 1 aliphatic carbocycles. The van der Waals surface area contributed by atoms with Crippen molar-refractivity contribution < 1.29 is 9.59 Å². The first kappa shape index (κ1) is 12.8. The number of hydrogen-bond donors (Lipinski definition) is 1. The number of Topliss-reactive ketones (excluding diaryl/α,β-unsaturated/α-hetero) is 1. The average molecular weight is 265 g/mol. The molecule has 0 aliphatic heterocycles. The van der Waals surface area contributed by atoms with Crippen LogP contribution in [0.4, 0.5) is 0 Å². The fraction of sp³-hybridized carbons (Fsp3) is 0.308. The minimum absolute atomic E-state index is 0.173. The van der Waals surface area contributed by atoms with E-state index in [1.165, 1.54) is 0 Å². The highest BCUT2D eigenvalue weighted by Crippen LogP contribution is 2.15. The number of nitrogens with one attached hydrogen (secondary N) is 1. The van der Waals surface area contributed by atoms with Crippen molar-refractivity contribution in [3.05, 3.63) is 34.9 Å². The van der Waals surface area contributed by atoms with E-state index < -0.39 is 0 Å². The summed E-state index contributed by atoms with van der Waals surface area (Å²) in [4.78, 5) is 23.0. The molecule has 94 valence electrons. The van der Waals surface area contributed by atoms with Crippen LogP contribution >= 0.6 is 11.6 Å². The second-order valence-electron chi connectivity index (χ2n) is 4.17. The van der Waals surface area contributed by atoms with Crippen LogP contribution in [0.2, 0.25) is 5.02 Å². The van der Waals surface area contributed by atoms with E-state index in [4.69, 9.17) is 11.6 Å². The van der Waals surface area contributed by atoms with Crippen LogP contribution in [0.15, 0.2) is 29.4 Å². The van der Waals surface area contributed by atoms with Crippen molar-refractivity contribution in [2.24, 2.45) is 5.10 Å². The summed E-state index contributed by atoms with van der Waals surface area (Å²) in [5.74, 6) is -0.182. The molecule has 1 N–H and O–H groups in total. The number of carbonyl (C=O) groups is 2. The van der Waals surface area contributed by atoms with Gasteiger partial charge in [0.15, 0.2) is 0 Å². The Kier molecular flexibility index (Phi) is 4.10. The quantitative estimate of drug-likeness (QED) is 0.835. The van der Waals surface area contributed by atoms with Gasteiger partial charge >= 0.3 is 0 Å². The van der Waals surface area contributed by atoms with Gasteiger partial charge in [0.25, 0.3) is 5.91 Å². The van der Waals surface area contributed by atoms with Crippen molar-refractivity contribution in [2.45, 2.75) is 25.7 Å². The fourth-order valence-corrected chi connectivity index (χ4v) is 2.05. The largest absolute Gasteiger partial charge is 0.299 e. The van der Waals surface area contributed by atoms with Crippen molar-refractivity contribution in [1.82, 2.24) is 5.43 Å². The van der Waals surface area contributed by atoms with E-state index in [0.717, 1.165) is 18.6 Å². The van der Waals surface area contributed by atoms with Gasteiger partial charge in [-0.05, 0) is 25.0 Å². The SMILES string of the molecule is O=C1CCC/C(=N\NC(=O)c2ccccc2Cl)C1. The van der Waals surface area contributed by atoms with Crippen LogP contribution in [0, 0.1) is 0 Å². The molecule has 0 heterocycles. The third kappa shape index (κ3) is 3.17. The zero-order valence-corrected chi connectivity index (χ0v) is 10.5. The first-order chi connectivity index (χ1) is 8.66. The third-order valence-corrected chi connectivity index (χ3v) is 3.09. The smallest absolute Gasteiger partial charge is 0.272 e. The van der Waals surface area contributed by atoms with E-state index in [0.29, 0.717) is 23.4 Å². The number of halogens is 1. The molecular weight excluding hydrogens is 252 g/mol. The predicted octanol–water partition coefficient (Wildman–Crippen LogP) is 2.57. The third-order valence-electron chi connectivity index (χ3n) is 2.76. The maximum Gasteiger partial charge on any atom is 0.272 e. The van der Waals surface area contributed by atoms with E-state index in [1.807, 2.05) is 0 Å². The van der Waals surface area contributed by atoms with Crippen molar-refractivity contribution in [2.75, 3.05) is 0 Å². The van der Waals surface area contributed by atoms with Gasteiger partial charge in [-0.1, -0.05) is 23.7 Å². The number of rotatable bonds is 2. The number of benzene rings is 1. The molecule has 0 atom stereocenters. The monoisotopic (exact) mass is 264 g/mol. The van der Waals surface area contributed by atoms with Gasteiger partial charge in [-0.2, -0.15) is 5.10 Å². The zero-order chi connectivity index (χ0) is 13.0. The van der Waals surface area contributed by atoms with Gasteiger partial charge in [-0.25, -0.2) is 5.43 Å². The Morgan fingerprint density at radius 2 is 2.06 bits per heavy atom. The molecule has 0 aromatic heterocycles. The van der Waals surface area contributed by atoms with Crippen LogP contribution in [0.5, 0.6) is 0 Å². The van der Waals surface area contributed by atoms with Crippen LogP contribution < -0.4 is 5.43 Å². The van der Waals surface area contributed by atoms with Crippen molar-refractivity contribution in [1.29, 1.82) is 0 Å². The molecule has 0 spiro atoms. The van der Waals surface area contributed by atoms with Crippen molar-refractivity contribution in [3.63, 3.8) is 0 Å². The highest BCUT2D eigenvalue weighted by molar-refractivity contribution is 6.33. The number of hydrazone groups is 1. The molecule has 0 unspecified atom stereocenters. The Bertz CT molecular complexity index is 511. The van der Waals surface area contributed by atoms with Gasteiger partial charge in [0.2, 0.25) is 0 Å². The molecule has 0 radical (unpaired) electrons. The van der Waals surface area contributed by atoms with Crippen LogP contribution in [-0.2, 0) is 4.79 Å². The molecule has 0 saturated heterocycles. The zero-order valence-electron chi connectivity index (χ0n) is 9.78.